The van der Waals surface area contributed by atoms with Crippen molar-refractivity contribution in [1.82, 2.24) is 0 Å². The second-order valence-electron chi connectivity index (χ2n) is 1.54. The summed E-state index contributed by atoms with van der Waals surface area (Å²) in [6.07, 6.45) is 0. The summed E-state index contributed by atoms with van der Waals surface area (Å²) < 4.78 is 0. The van der Waals surface area contributed by atoms with Crippen molar-refractivity contribution >= 4 is 24.3 Å². The monoisotopic (exact) mass is 246 g/mol. The Labute approximate surface area is 96.1 Å². The molecule has 0 aromatic carbocycles. The minimum atomic E-state index is -0.333. The van der Waals surface area contributed by atoms with E-state index in [0.29, 0.717) is 0 Å². The lowest BCUT2D eigenvalue weighted by Gasteiger charge is -1.69. The number of rotatable bonds is 0. The van der Waals surface area contributed by atoms with Gasteiger partial charge in [0.05, 0.1) is 0 Å². The van der Waals surface area contributed by atoms with Crippen LogP contribution in [-0.4, -0.2) is 35.3 Å². The maximum absolute atomic E-state index is 7.57. The molecule has 12 N–H and O–H groups in total. The van der Waals surface area contributed by atoms with Crippen LogP contribution in [0.25, 0.3) is 0 Å². The Morgan fingerprint density at radius 2 is 0.867 bits per heavy atom. The first-order chi connectivity index (χ1) is 6.29. The van der Waals surface area contributed by atoms with Crippen LogP contribution >= 0.6 is 12.4 Å². The van der Waals surface area contributed by atoms with Crippen LogP contribution in [0.4, 0.5) is 0 Å². The average molecular weight is 247 g/mol. The van der Waals surface area contributed by atoms with E-state index in [0.717, 1.165) is 0 Å². The van der Waals surface area contributed by atoms with Gasteiger partial charge in [-0.1, -0.05) is 0 Å². The zero-order chi connectivity index (χ0) is 12.6. The van der Waals surface area contributed by atoms with Crippen molar-refractivity contribution in [2.75, 3.05) is 13.2 Å². The normalized spacial score (nSPS) is 5.60. The molecule has 0 aromatic heterocycles. The maximum atomic E-state index is 7.57. The lowest BCUT2D eigenvalue weighted by atomic mass is 10.9. The highest BCUT2D eigenvalue weighted by Gasteiger charge is 1.52. The van der Waals surface area contributed by atoms with Crippen molar-refractivity contribution < 1.29 is 10.2 Å². The summed E-state index contributed by atoms with van der Waals surface area (Å²) in [5.74, 6) is -0.667. The van der Waals surface area contributed by atoms with Gasteiger partial charge in [-0.2, -0.15) is 0 Å². The fourth-order valence-electron chi connectivity index (χ4n) is 0. The summed E-state index contributed by atoms with van der Waals surface area (Å²) in [5, 5.41) is 27.2. The quantitative estimate of drug-likeness (QED) is 0.182. The molecule has 0 amide bonds. The predicted molar refractivity (Wildman–Crippen MR) is 65.0 cm³/mol. The molecule has 0 radical (unpaired) electrons. The molecular weight excluding hydrogens is 224 g/mol. The average Bonchev–Trinajstić information content (AvgIpc) is 1.85. The molecule has 0 fully saturated rings. The second kappa shape index (κ2) is 38.6. The highest BCUT2D eigenvalue weighted by molar-refractivity contribution is 5.85. The fourth-order valence-corrected chi connectivity index (χ4v) is 0. The van der Waals surface area contributed by atoms with Crippen molar-refractivity contribution in [3.63, 3.8) is 0 Å². The first-order valence-corrected chi connectivity index (χ1v) is 3.70. The Morgan fingerprint density at radius 1 is 0.867 bits per heavy atom. The van der Waals surface area contributed by atoms with Crippen molar-refractivity contribution in [2.45, 2.75) is 13.8 Å². The van der Waals surface area contributed by atoms with E-state index in [-0.39, 0.29) is 37.5 Å². The highest BCUT2D eigenvalue weighted by atomic mass is 35.5. The van der Waals surface area contributed by atoms with Gasteiger partial charge in [0.2, 0.25) is 0 Å². The van der Waals surface area contributed by atoms with E-state index < -0.39 is 0 Å². The van der Waals surface area contributed by atoms with E-state index >= 15 is 0 Å². The van der Waals surface area contributed by atoms with Crippen LogP contribution in [0.2, 0.25) is 0 Å². The van der Waals surface area contributed by atoms with Gasteiger partial charge in [-0.05, 0) is 13.8 Å². The first kappa shape index (κ1) is 29.2. The molecule has 0 bridgehead atoms. The van der Waals surface area contributed by atoms with Gasteiger partial charge in [0.1, 0.15) is 0 Å². The van der Waals surface area contributed by atoms with E-state index in [1.807, 2.05) is 0 Å². The molecule has 0 aliphatic rings. The van der Waals surface area contributed by atoms with E-state index in [1.54, 1.807) is 13.8 Å². The SMILES string of the molecule is CCO.CCO.Cl.N=C(N)N.N=C(N)N. The van der Waals surface area contributed by atoms with Gasteiger partial charge in [-0.25, -0.2) is 0 Å². The van der Waals surface area contributed by atoms with Crippen molar-refractivity contribution in [3.05, 3.63) is 0 Å². The van der Waals surface area contributed by atoms with E-state index in [4.69, 9.17) is 21.0 Å². The molecule has 0 saturated carbocycles. The number of hydrogen-bond acceptors (Lipinski definition) is 4. The molecule has 96 valence electrons. The predicted octanol–water partition coefficient (Wildman–Crippen LogP) is -1.90. The van der Waals surface area contributed by atoms with Crippen molar-refractivity contribution in [1.29, 1.82) is 10.8 Å². The Balaban J connectivity index is -0.0000000293. The number of aliphatic hydroxyl groups is 2. The van der Waals surface area contributed by atoms with Crippen LogP contribution in [0.1, 0.15) is 13.8 Å². The molecule has 0 aliphatic heterocycles. The molecule has 0 saturated heterocycles. The Kier molecular flexibility index (Phi) is 75.2. The summed E-state index contributed by atoms with van der Waals surface area (Å²) in [6, 6.07) is 0. The number of nitrogens with one attached hydrogen (secondary N) is 2. The number of halogens is 1. The van der Waals surface area contributed by atoms with Crippen LogP contribution in [0.5, 0.6) is 0 Å². The zero-order valence-corrected chi connectivity index (χ0v) is 9.84. The van der Waals surface area contributed by atoms with Gasteiger partial charge in [0, 0.05) is 13.2 Å². The molecular formula is C6H23ClN6O2. The van der Waals surface area contributed by atoms with Crippen LogP contribution < -0.4 is 22.9 Å². The molecule has 0 heterocycles. The summed E-state index contributed by atoms with van der Waals surface area (Å²) in [7, 11) is 0. The summed E-state index contributed by atoms with van der Waals surface area (Å²) in [6.45, 7) is 3.86. The molecule has 8 nitrogen and oxygen atoms in total. The van der Waals surface area contributed by atoms with Crippen molar-refractivity contribution in [2.24, 2.45) is 22.9 Å². The second-order valence-corrected chi connectivity index (χ2v) is 1.54. The van der Waals surface area contributed by atoms with Gasteiger partial charge in [0.15, 0.2) is 11.9 Å². The minimum absolute atomic E-state index is 0. The van der Waals surface area contributed by atoms with Crippen LogP contribution in [0, 0.1) is 10.8 Å². The van der Waals surface area contributed by atoms with Crippen LogP contribution in [0.15, 0.2) is 0 Å². The lowest BCUT2D eigenvalue weighted by Crippen LogP contribution is -2.20. The molecule has 0 atom stereocenters. The zero-order valence-electron chi connectivity index (χ0n) is 9.03. The van der Waals surface area contributed by atoms with Crippen LogP contribution in [0.3, 0.4) is 0 Å². The van der Waals surface area contributed by atoms with Gasteiger partial charge >= 0.3 is 0 Å². The lowest BCUT2D eigenvalue weighted by molar-refractivity contribution is 0.318. The topological polar surface area (TPSA) is 192 Å². The standard InChI is InChI=1S/2C2H6O.2CH5N3.ClH/c2*1-2-3;2*2-1(3)4;/h2*3H,2H2,1H3;2*(H5,2,3,4);1H. The minimum Gasteiger partial charge on any atom is -0.397 e. The van der Waals surface area contributed by atoms with E-state index in [2.05, 4.69) is 22.9 Å². The smallest absolute Gasteiger partial charge is 0.183 e. The third-order valence-electron chi connectivity index (χ3n) is 0. The maximum Gasteiger partial charge on any atom is 0.183 e. The Hall–Kier alpha value is -1.25. The number of nitrogens with two attached hydrogens (primary N) is 4. The van der Waals surface area contributed by atoms with Gasteiger partial charge in [0.25, 0.3) is 0 Å². The van der Waals surface area contributed by atoms with Gasteiger partial charge in [-0.15, -0.1) is 12.4 Å². The third-order valence-corrected chi connectivity index (χ3v) is 0. The van der Waals surface area contributed by atoms with Crippen LogP contribution in [-0.2, 0) is 0 Å². The number of guanidine groups is 2. The molecule has 9 heteroatoms. The van der Waals surface area contributed by atoms with E-state index in [1.165, 1.54) is 0 Å². The molecule has 0 unspecified atom stereocenters. The molecule has 0 aliphatic carbocycles. The van der Waals surface area contributed by atoms with E-state index in [9.17, 15) is 0 Å². The Morgan fingerprint density at radius 3 is 0.867 bits per heavy atom. The van der Waals surface area contributed by atoms with Gasteiger partial charge < -0.3 is 33.1 Å². The molecule has 15 heavy (non-hydrogen) atoms. The summed E-state index contributed by atoms with van der Waals surface area (Å²) in [5.41, 5.74) is 17.9. The summed E-state index contributed by atoms with van der Waals surface area (Å²) in [4.78, 5) is 0. The highest BCUT2D eigenvalue weighted by Crippen LogP contribution is 1.30. The molecule has 0 aromatic rings. The van der Waals surface area contributed by atoms with Gasteiger partial charge in [-0.3, -0.25) is 10.8 Å². The number of aliphatic hydroxyl groups excluding tert-OH is 2. The fraction of sp³-hybridized carbons (Fsp3) is 0.667. The van der Waals surface area contributed by atoms with Crippen molar-refractivity contribution in [3.8, 4) is 0 Å². The Bertz CT molecular complexity index is 102. The molecule has 0 rings (SSSR count). The third kappa shape index (κ3) is 943. The molecule has 0 spiro atoms. The summed E-state index contributed by atoms with van der Waals surface area (Å²) >= 11 is 0. The first-order valence-electron chi connectivity index (χ1n) is 3.70. The number of hydrogen-bond donors (Lipinski definition) is 8. The largest absolute Gasteiger partial charge is 0.397 e.